The molecule has 1 saturated carbocycles. The first kappa shape index (κ1) is 18.3. The third-order valence-corrected chi connectivity index (χ3v) is 4.66. The summed E-state index contributed by atoms with van der Waals surface area (Å²) >= 11 is 0. The van der Waals surface area contributed by atoms with Gasteiger partial charge in [-0.15, -0.1) is 0 Å². The molecule has 1 amide bonds. The normalized spacial score (nSPS) is 13.8. The first-order chi connectivity index (χ1) is 13.7. The number of primary amides is 1. The van der Waals surface area contributed by atoms with Gasteiger partial charge in [-0.3, -0.25) is 9.69 Å². The molecule has 1 aliphatic rings. The van der Waals surface area contributed by atoms with Crippen LogP contribution in [0.1, 0.15) is 19.3 Å². The Labute approximate surface area is 163 Å². The highest BCUT2D eigenvalue weighted by atomic mass is 16.6. The van der Waals surface area contributed by atoms with Gasteiger partial charge >= 0.3 is 6.08 Å². The molecular weight excluding hydrogens is 358 g/mol. The molecule has 1 aromatic heterocycles. The van der Waals surface area contributed by atoms with Gasteiger partial charge in [-0.05, 0) is 49.2 Å². The molecule has 0 bridgehead atoms. The molecule has 2 N–H and O–H groups in total. The number of para-hydroxylation sites is 2. The molecule has 0 aliphatic heterocycles. The lowest BCUT2D eigenvalue weighted by atomic mass is 10.3. The summed E-state index contributed by atoms with van der Waals surface area (Å²) in [5.74, 6) is 1.12. The van der Waals surface area contributed by atoms with Gasteiger partial charge in [-0.1, -0.05) is 12.1 Å². The van der Waals surface area contributed by atoms with E-state index in [-0.39, 0.29) is 12.0 Å². The van der Waals surface area contributed by atoms with Crippen LogP contribution in [-0.4, -0.2) is 41.5 Å². The molecule has 0 spiro atoms. The second-order valence-corrected chi connectivity index (χ2v) is 6.85. The number of carbonyl (C=O) groups is 1. The van der Waals surface area contributed by atoms with Crippen molar-refractivity contribution in [2.45, 2.75) is 25.3 Å². The van der Waals surface area contributed by atoms with Crippen LogP contribution in [0.3, 0.4) is 0 Å². The molecule has 0 atom stereocenters. The van der Waals surface area contributed by atoms with E-state index in [1.165, 1.54) is 12.8 Å². The highest BCUT2D eigenvalue weighted by Crippen LogP contribution is 2.28. The molecule has 1 aliphatic carbocycles. The summed E-state index contributed by atoms with van der Waals surface area (Å²) in [6.45, 7) is 2.03. The predicted octanol–water partition coefficient (Wildman–Crippen LogP) is 3.34. The number of oxazole rings is 1. The van der Waals surface area contributed by atoms with Gasteiger partial charge in [-0.2, -0.15) is 4.98 Å². The van der Waals surface area contributed by atoms with Crippen LogP contribution in [-0.2, 0) is 4.79 Å². The van der Waals surface area contributed by atoms with Gasteiger partial charge < -0.3 is 19.6 Å². The smallest absolute Gasteiger partial charge is 0.400 e. The van der Waals surface area contributed by atoms with Gasteiger partial charge in [0.25, 0.3) is 0 Å². The van der Waals surface area contributed by atoms with Crippen LogP contribution in [0, 0.1) is 0 Å². The van der Waals surface area contributed by atoms with Crippen molar-refractivity contribution in [2.24, 2.45) is 5.73 Å². The van der Waals surface area contributed by atoms with E-state index in [0.29, 0.717) is 36.9 Å². The number of carbonyl (C=O) groups excluding carboxylic acids is 1. The van der Waals surface area contributed by atoms with E-state index in [0.717, 1.165) is 17.8 Å². The second kappa shape index (κ2) is 8.31. The lowest BCUT2D eigenvalue weighted by Gasteiger charge is -2.21. The van der Waals surface area contributed by atoms with Crippen molar-refractivity contribution in [3.05, 3.63) is 48.5 Å². The highest BCUT2D eigenvalue weighted by molar-refractivity contribution is 5.74. The van der Waals surface area contributed by atoms with Crippen LogP contribution >= 0.6 is 0 Å². The van der Waals surface area contributed by atoms with E-state index in [1.807, 2.05) is 48.5 Å². The van der Waals surface area contributed by atoms with Crippen molar-refractivity contribution in [2.75, 3.05) is 19.7 Å². The standard InChI is InChI=1S/C21H23N3O4/c22-20(25)11-12-24(15-5-6-15)13-14-26-16-7-9-17(10-8-16)27-21-23-18-3-1-2-4-19(18)28-21/h1-4,7-10,15H,5-6,11-14H2,(H2,22,25). The summed E-state index contributed by atoms with van der Waals surface area (Å²) in [5, 5.41) is 0. The Balaban J connectivity index is 1.27. The molecule has 0 saturated heterocycles. The van der Waals surface area contributed by atoms with Crippen LogP contribution in [0.15, 0.2) is 52.9 Å². The quantitative estimate of drug-likeness (QED) is 0.579. The van der Waals surface area contributed by atoms with Gasteiger partial charge in [0.2, 0.25) is 5.91 Å². The molecule has 0 radical (unpaired) electrons. The minimum absolute atomic E-state index is 0.212. The Morgan fingerprint density at radius 2 is 1.86 bits per heavy atom. The number of nitrogens with zero attached hydrogens (tertiary/aromatic N) is 2. The van der Waals surface area contributed by atoms with Gasteiger partial charge in [0.15, 0.2) is 5.58 Å². The average molecular weight is 381 g/mol. The largest absolute Gasteiger partial charge is 0.492 e. The van der Waals surface area contributed by atoms with Crippen molar-refractivity contribution >= 4 is 17.0 Å². The van der Waals surface area contributed by atoms with Gasteiger partial charge in [-0.25, -0.2) is 0 Å². The number of amides is 1. The summed E-state index contributed by atoms with van der Waals surface area (Å²) < 4.78 is 17.1. The first-order valence-electron chi connectivity index (χ1n) is 9.46. The van der Waals surface area contributed by atoms with Crippen molar-refractivity contribution in [3.8, 4) is 17.6 Å². The van der Waals surface area contributed by atoms with Gasteiger partial charge in [0.1, 0.15) is 23.6 Å². The predicted molar refractivity (Wildman–Crippen MR) is 104 cm³/mol. The fraction of sp³-hybridized carbons (Fsp3) is 0.333. The van der Waals surface area contributed by atoms with Crippen LogP contribution in [0.4, 0.5) is 0 Å². The topological polar surface area (TPSA) is 90.8 Å². The molecule has 0 unspecified atom stereocenters. The second-order valence-electron chi connectivity index (χ2n) is 6.85. The summed E-state index contributed by atoms with van der Waals surface area (Å²) in [6.07, 6.45) is 2.96. The van der Waals surface area contributed by atoms with E-state index in [9.17, 15) is 4.79 Å². The van der Waals surface area contributed by atoms with Crippen LogP contribution in [0.2, 0.25) is 0 Å². The van der Waals surface area contributed by atoms with Crippen molar-refractivity contribution in [1.29, 1.82) is 0 Å². The maximum Gasteiger partial charge on any atom is 0.400 e. The summed E-state index contributed by atoms with van der Waals surface area (Å²) in [4.78, 5) is 17.6. The van der Waals surface area contributed by atoms with E-state index in [2.05, 4.69) is 9.88 Å². The molecule has 1 fully saturated rings. The monoisotopic (exact) mass is 381 g/mol. The first-order valence-corrected chi connectivity index (χ1v) is 9.46. The average Bonchev–Trinajstić information content (AvgIpc) is 3.45. The number of hydrogen-bond donors (Lipinski definition) is 1. The number of ether oxygens (including phenoxy) is 2. The maximum atomic E-state index is 11.0. The fourth-order valence-electron chi connectivity index (χ4n) is 3.05. The Bertz CT molecular complexity index is 901. The minimum Gasteiger partial charge on any atom is -0.492 e. The lowest BCUT2D eigenvalue weighted by Crippen LogP contribution is -2.33. The molecule has 146 valence electrons. The minimum atomic E-state index is -0.263. The number of fused-ring (bicyclic) bond motifs is 1. The van der Waals surface area contributed by atoms with Crippen molar-refractivity contribution in [3.63, 3.8) is 0 Å². The highest BCUT2D eigenvalue weighted by Gasteiger charge is 2.28. The summed E-state index contributed by atoms with van der Waals surface area (Å²) in [5.41, 5.74) is 6.70. The van der Waals surface area contributed by atoms with Crippen LogP contribution < -0.4 is 15.2 Å². The molecule has 4 rings (SSSR count). The zero-order valence-corrected chi connectivity index (χ0v) is 15.5. The lowest BCUT2D eigenvalue weighted by molar-refractivity contribution is -0.118. The van der Waals surface area contributed by atoms with Crippen molar-refractivity contribution < 1.29 is 18.7 Å². The van der Waals surface area contributed by atoms with Gasteiger partial charge in [0.05, 0.1) is 0 Å². The third-order valence-electron chi connectivity index (χ3n) is 4.66. The number of aromatic nitrogens is 1. The van der Waals surface area contributed by atoms with E-state index < -0.39 is 0 Å². The molecule has 28 heavy (non-hydrogen) atoms. The van der Waals surface area contributed by atoms with E-state index in [1.54, 1.807) is 0 Å². The summed E-state index contributed by atoms with van der Waals surface area (Å²) in [7, 11) is 0. The number of rotatable bonds is 10. The Morgan fingerprint density at radius 1 is 1.11 bits per heavy atom. The van der Waals surface area contributed by atoms with E-state index >= 15 is 0 Å². The number of benzene rings is 2. The van der Waals surface area contributed by atoms with Crippen molar-refractivity contribution in [1.82, 2.24) is 9.88 Å². The van der Waals surface area contributed by atoms with Gasteiger partial charge in [0, 0.05) is 25.6 Å². The van der Waals surface area contributed by atoms with E-state index in [4.69, 9.17) is 19.6 Å². The Hall–Kier alpha value is -3.06. The Morgan fingerprint density at radius 3 is 2.57 bits per heavy atom. The fourth-order valence-corrected chi connectivity index (χ4v) is 3.05. The maximum absolute atomic E-state index is 11.0. The molecular formula is C21H23N3O4. The number of nitrogens with two attached hydrogens (primary N) is 1. The SMILES string of the molecule is NC(=O)CCN(CCOc1ccc(Oc2nc3ccccc3o2)cc1)C1CC1. The summed E-state index contributed by atoms with van der Waals surface area (Å²) in [6, 6.07) is 15.4. The number of hydrogen-bond acceptors (Lipinski definition) is 6. The van der Waals surface area contributed by atoms with Crippen LogP contribution in [0.25, 0.3) is 11.1 Å². The Kier molecular flexibility index (Phi) is 5.43. The molecule has 7 heteroatoms. The third kappa shape index (κ3) is 4.80. The zero-order chi connectivity index (χ0) is 19.3. The molecule has 1 heterocycles. The molecule has 2 aromatic carbocycles. The zero-order valence-electron chi connectivity index (χ0n) is 15.5. The molecule has 3 aromatic rings. The molecule has 7 nitrogen and oxygen atoms in total. The van der Waals surface area contributed by atoms with Crippen LogP contribution in [0.5, 0.6) is 17.6 Å².